The molecule has 0 aliphatic carbocycles. The van der Waals surface area contributed by atoms with Crippen molar-refractivity contribution >= 4 is 5.91 Å². The van der Waals surface area contributed by atoms with Gasteiger partial charge >= 0.3 is 11.8 Å². The molecular formula is C6H8N3O2. The topological polar surface area (TPSA) is 82.0 Å². The molecule has 0 aliphatic rings. The number of carbonyl (C=O) groups excluding carboxylic acids is 1. The molecule has 0 saturated carbocycles. The summed E-state index contributed by atoms with van der Waals surface area (Å²) in [5.41, 5.74) is 4.88. The van der Waals surface area contributed by atoms with Crippen molar-refractivity contribution in [2.45, 2.75) is 13.3 Å². The van der Waals surface area contributed by atoms with Crippen LogP contribution in [-0.2, 0) is 6.42 Å². The highest BCUT2D eigenvalue weighted by molar-refractivity contribution is 5.87. The highest BCUT2D eigenvalue weighted by Crippen LogP contribution is 1.97. The Bertz CT molecular complexity index is 256. The van der Waals surface area contributed by atoms with E-state index in [2.05, 4.69) is 14.7 Å². The Morgan fingerprint density at radius 3 is 3.00 bits per heavy atom. The van der Waals surface area contributed by atoms with Gasteiger partial charge in [-0.05, 0) is 6.42 Å². The van der Waals surface area contributed by atoms with Gasteiger partial charge in [-0.2, -0.15) is 4.98 Å². The Balaban J connectivity index is 2.73. The summed E-state index contributed by atoms with van der Waals surface area (Å²) in [6, 6.07) is 0. The summed E-state index contributed by atoms with van der Waals surface area (Å²) in [4.78, 5) is 14.2. The molecule has 11 heavy (non-hydrogen) atoms. The zero-order chi connectivity index (χ0) is 8.27. The molecule has 0 aliphatic heterocycles. The zero-order valence-electron chi connectivity index (χ0n) is 6.07. The van der Waals surface area contributed by atoms with Gasteiger partial charge in [0.1, 0.15) is 0 Å². The van der Waals surface area contributed by atoms with Crippen LogP contribution in [0.2, 0.25) is 0 Å². The Morgan fingerprint density at radius 2 is 2.55 bits per heavy atom. The molecule has 0 unspecified atom stereocenters. The second-order valence-electron chi connectivity index (χ2n) is 1.99. The Labute approximate surface area is 63.6 Å². The quantitative estimate of drug-likeness (QED) is 0.660. The fraction of sp³-hybridized carbons (Fsp3) is 0.333. The standard InChI is InChI=1S/C6H8N3O2/c1-2-3-4-8-6(5(7)10)11-9-4/h2H,3H2,1H3,(H2,7,10). The van der Waals surface area contributed by atoms with E-state index in [1.54, 1.807) is 0 Å². The number of rotatable bonds is 3. The highest BCUT2D eigenvalue weighted by Gasteiger charge is 2.09. The molecule has 0 bridgehead atoms. The first-order chi connectivity index (χ1) is 5.24. The maximum Gasteiger partial charge on any atom is 0.315 e. The van der Waals surface area contributed by atoms with Crippen molar-refractivity contribution in [1.29, 1.82) is 0 Å². The molecule has 1 amide bonds. The third-order valence-corrected chi connectivity index (χ3v) is 1.07. The molecule has 1 heterocycles. The van der Waals surface area contributed by atoms with Crippen LogP contribution in [0.5, 0.6) is 0 Å². The number of amides is 1. The van der Waals surface area contributed by atoms with Crippen LogP contribution in [0.15, 0.2) is 4.52 Å². The molecule has 0 aromatic carbocycles. The third-order valence-electron chi connectivity index (χ3n) is 1.07. The molecule has 2 N–H and O–H groups in total. The first kappa shape index (κ1) is 7.71. The van der Waals surface area contributed by atoms with E-state index in [9.17, 15) is 4.79 Å². The Morgan fingerprint density at radius 1 is 1.82 bits per heavy atom. The second kappa shape index (κ2) is 3.14. The summed E-state index contributed by atoms with van der Waals surface area (Å²) in [6.45, 7) is 1.86. The number of nitrogens with two attached hydrogens (primary N) is 1. The van der Waals surface area contributed by atoms with Crippen LogP contribution in [0, 0.1) is 6.42 Å². The van der Waals surface area contributed by atoms with E-state index in [1.807, 2.05) is 13.3 Å². The number of aromatic nitrogens is 2. The van der Waals surface area contributed by atoms with E-state index in [1.165, 1.54) is 0 Å². The van der Waals surface area contributed by atoms with Gasteiger partial charge in [0.05, 0.1) is 0 Å². The van der Waals surface area contributed by atoms with Gasteiger partial charge in [-0.15, -0.1) is 0 Å². The molecule has 0 fully saturated rings. The van der Waals surface area contributed by atoms with E-state index >= 15 is 0 Å². The van der Waals surface area contributed by atoms with Crippen LogP contribution in [0.25, 0.3) is 0 Å². The number of hydrogen-bond donors (Lipinski definition) is 1. The van der Waals surface area contributed by atoms with E-state index in [0.29, 0.717) is 12.2 Å². The lowest BCUT2D eigenvalue weighted by Crippen LogP contribution is -2.11. The fourth-order valence-corrected chi connectivity index (χ4v) is 0.620. The fourth-order valence-electron chi connectivity index (χ4n) is 0.620. The monoisotopic (exact) mass is 154 g/mol. The third kappa shape index (κ3) is 1.76. The van der Waals surface area contributed by atoms with Crippen LogP contribution in [0.3, 0.4) is 0 Å². The van der Waals surface area contributed by atoms with Gasteiger partial charge in [0, 0.05) is 6.42 Å². The zero-order valence-corrected chi connectivity index (χ0v) is 6.07. The maximum atomic E-state index is 10.4. The maximum absolute atomic E-state index is 10.4. The molecule has 5 heteroatoms. The first-order valence-electron chi connectivity index (χ1n) is 3.14. The lowest BCUT2D eigenvalue weighted by Gasteiger charge is -1.82. The minimum Gasteiger partial charge on any atom is -0.361 e. The number of hydrogen-bond acceptors (Lipinski definition) is 4. The average molecular weight is 154 g/mol. The summed E-state index contributed by atoms with van der Waals surface area (Å²) in [7, 11) is 0. The minimum atomic E-state index is -0.695. The Hall–Kier alpha value is -1.39. The van der Waals surface area contributed by atoms with Crippen molar-refractivity contribution in [3.63, 3.8) is 0 Å². The minimum absolute atomic E-state index is 0.137. The van der Waals surface area contributed by atoms with Gasteiger partial charge in [0.2, 0.25) is 0 Å². The van der Waals surface area contributed by atoms with Crippen molar-refractivity contribution in [1.82, 2.24) is 10.1 Å². The van der Waals surface area contributed by atoms with Crippen LogP contribution >= 0.6 is 0 Å². The molecular weight excluding hydrogens is 146 g/mol. The van der Waals surface area contributed by atoms with Crippen LogP contribution in [0.4, 0.5) is 0 Å². The van der Waals surface area contributed by atoms with Crippen molar-refractivity contribution < 1.29 is 9.32 Å². The number of carbonyl (C=O) groups is 1. The SMILES string of the molecule is C[CH]Cc1noc(C(N)=O)n1. The van der Waals surface area contributed by atoms with Crippen molar-refractivity contribution in [2.75, 3.05) is 0 Å². The summed E-state index contributed by atoms with van der Waals surface area (Å²) < 4.78 is 4.52. The van der Waals surface area contributed by atoms with Crippen LogP contribution in [0.1, 0.15) is 23.4 Å². The molecule has 1 radical (unpaired) electrons. The van der Waals surface area contributed by atoms with E-state index in [-0.39, 0.29) is 5.89 Å². The van der Waals surface area contributed by atoms with Gasteiger partial charge in [-0.1, -0.05) is 12.1 Å². The molecule has 0 saturated heterocycles. The molecule has 1 aromatic heterocycles. The highest BCUT2D eigenvalue weighted by atomic mass is 16.5. The average Bonchev–Trinajstić information content (AvgIpc) is 2.37. The van der Waals surface area contributed by atoms with Crippen molar-refractivity contribution in [3.05, 3.63) is 18.1 Å². The van der Waals surface area contributed by atoms with Crippen molar-refractivity contribution in [3.8, 4) is 0 Å². The lowest BCUT2D eigenvalue weighted by molar-refractivity contribution is 0.0958. The first-order valence-corrected chi connectivity index (χ1v) is 3.14. The van der Waals surface area contributed by atoms with Gasteiger partial charge in [0.15, 0.2) is 5.82 Å². The predicted molar refractivity (Wildman–Crippen MR) is 36.5 cm³/mol. The molecule has 0 atom stereocenters. The number of primary amides is 1. The summed E-state index contributed by atoms with van der Waals surface area (Å²) >= 11 is 0. The largest absolute Gasteiger partial charge is 0.361 e. The van der Waals surface area contributed by atoms with Gasteiger partial charge in [-0.25, -0.2) is 0 Å². The van der Waals surface area contributed by atoms with Gasteiger partial charge < -0.3 is 10.3 Å². The lowest BCUT2D eigenvalue weighted by atomic mass is 10.3. The summed E-state index contributed by atoms with van der Waals surface area (Å²) in [5, 5.41) is 3.51. The molecule has 59 valence electrons. The smallest absolute Gasteiger partial charge is 0.315 e. The Kier molecular flexibility index (Phi) is 2.20. The van der Waals surface area contributed by atoms with Gasteiger partial charge in [-0.3, -0.25) is 4.79 Å². The summed E-state index contributed by atoms with van der Waals surface area (Å²) in [5.74, 6) is -0.358. The van der Waals surface area contributed by atoms with Crippen molar-refractivity contribution in [2.24, 2.45) is 5.73 Å². The van der Waals surface area contributed by atoms with E-state index in [0.717, 1.165) is 0 Å². The molecule has 1 rings (SSSR count). The molecule has 5 nitrogen and oxygen atoms in total. The second-order valence-corrected chi connectivity index (χ2v) is 1.99. The molecule has 0 spiro atoms. The van der Waals surface area contributed by atoms with Crippen LogP contribution < -0.4 is 5.73 Å². The van der Waals surface area contributed by atoms with E-state index < -0.39 is 5.91 Å². The molecule has 1 aromatic rings. The number of nitrogens with zero attached hydrogens (tertiary/aromatic N) is 2. The predicted octanol–water partition coefficient (Wildman–Crippen LogP) is -0.0648. The van der Waals surface area contributed by atoms with E-state index in [4.69, 9.17) is 5.73 Å². The van der Waals surface area contributed by atoms with Crippen LogP contribution in [-0.4, -0.2) is 16.0 Å². The van der Waals surface area contributed by atoms with Gasteiger partial charge in [0.25, 0.3) is 0 Å². The normalized spacial score (nSPS) is 9.91. The summed E-state index contributed by atoms with van der Waals surface area (Å²) in [6.07, 6.45) is 2.44.